The number of hydrogen-bond acceptors (Lipinski definition) is 2. The summed E-state index contributed by atoms with van der Waals surface area (Å²) >= 11 is 0. The van der Waals surface area contributed by atoms with Gasteiger partial charge in [-0.05, 0) is 18.9 Å². The molecule has 0 aliphatic rings. The third-order valence-corrected chi connectivity index (χ3v) is 3.79. The molecule has 2 heteroatoms. The Morgan fingerprint density at radius 3 is 2.14 bits per heavy atom. The van der Waals surface area contributed by atoms with Crippen molar-refractivity contribution >= 4 is 5.78 Å². The van der Waals surface area contributed by atoms with Gasteiger partial charge < -0.3 is 5.32 Å². The molecule has 1 N–H and O–H groups in total. The second kappa shape index (κ2) is 7.75. The van der Waals surface area contributed by atoms with Gasteiger partial charge >= 0.3 is 0 Å². The fraction of sp³-hybridized carbons (Fsp3) is 0.316. The van der Waals surface area contributed by atoms with Crippen molar-refractivity contribution in [1.82, 2.24) is 5.32 Å². The van der Waals surface area contributed by atoms with Gasteiger partial charge in [0.05, 0.1) is 0 Å². The standard InChI is InChI=1S/C19H23NO/c1-3-15(2)20-18(16-10-6-4-7-11-16)14-19(21)17-12-8-5-9-13-17/h4-13,15,18,20H,3,14H2,1-2H3. The molecule has 0 aliphatic heterocycles. The molecule has 0 amide bonds. The maximum Gasteiger partial charge on any atom is 0.164 e. The van der Waals surface area contributed by atoms with Crippen LogP contribution in [0.5, 0.6) is 0 Å². The summed E-state index contributed by atoms with van der Waals surface area (Å²) in [7, 11) is 0. The molecule has 0 saturated carbocycles. The minimum atomic E-state index is 0.0638. The molecule has 2 nitrogen and oxygen atoms in total. The van der Waals surface area contributed by atoms with E-state index in [1.165, 1.54) is 5.56 Å². The first-order valence-electron chi connectivity index (χ1n) is 7.60. The largest absolute Gasteiger partial charge is 0.307 e. The molecule has 0 heterocycles. The zero-order chi connectivity index (χ0) is 15.1. The quantitative estimate of drug-likeness (QED) is 0.763. The molecule has 110 valence electrons. The predicted octanol–water partition coefficient (Wildman–Crippen LogP) is 4.39. The maximum atomic E-state index is 12.5. The van der Waals surface area contributed by atoms with E-state index >= 15 is 0 Å². The van der Waals surface area contributed by atoms with Gasteiger partial charge in [0, 0.05) is 24.1 Å². The van der Waals surface area contributed by atoms with E-state index in [-0.39, 0.29) is 11.8 Å². The number of Topliss-reactive ketones (excluding diaryl/α,β-unsaturated/α-hetero) is 1. The van der Waals surface area contributed by atoms with Crippen LogP contribution in [0.15, 0.2) is 60.7 Å². The van der Waals surface area contributed by atoms with Crippen LogP contribution in [0, 0.1) is 0 Å². The Morgan fingerprint density at radius 2 is 1.57 bits per heavy atom. The molecule has 2 unspecified atom stereocenters. The smallest absolute Gasteiger partial charge is 0.164 e. The van der Waals surface area contributed by atoms with E-state index in [1.54, 1.807) is 0 Å². The number of nitrogens with one attached hydrogen (secondary N) is 1. The number of ketones is 1. The number of hydrogen-bond donors (Lipinski definition) is 1. The molecule has 0 aromatic heterocycles. The molecule has 0 radical (unpaired) electrons. The maximum absolute atomic E-state index is 12.5. The zero-order valence-corrected chi connectivity index (χ0v) is 12.8. The Kier molecular flexibility index (Phi) is 5.70. The van der Waals surface area contributed by atoms with E-state index < -0.39 is 0 Å². The van der Waals surface area contributed by atoms with Gasteiger partial charge in [-0.1, -0.05) is 67.6 Å². The average Bonchev–Trinajstić information content (AvgIpc) is 2.55. The van der Waals surface area contributed by atoms with Gasteiger partial charge in [0.2, 0.25) is 0 Å². The van der Waals surface area contributed by atoms with Gasteiger partial charge in [0.25, 0.3) is 0 Å². The summed E-state index contributed by atoms with van der Waals surface area (Å²) in [5.74, 6) is 0.181. The SMILES string of the molecule is CCC(C)NC(CC(=O)c1ccccc1)c1ccccc1. The average molecular weight is 281 g/mol. The van der Waals surface area contributed by atoms with Gasteiger partial charge in [-0.2, -0.15) is 0 Å². The Balaban J connectivity index is 2.14. The number of carbonyl (C=O) groups excluding carboxylic acids is 1. The first-order valence-corrected chi connectivity index (χ1v) is 7.60. The van der Waals surface area contributed by atoms with Crippen LogP contribution in [0.3, 0.4) is 0 Å². The predicted molar refractivity (Wildman–Crippen MR) is 87.5 cm³/mol. The van der Waals surface area contributed by atoms with Crippen LogP contribution in [0.2, 0.25) is 0 Å². The van der Waals surface area contributed by atoms with E-state index in [0.29, 0.717) is 12.5 Å². The molecule has 0 spiro atoms. The molecule has 0 saturated heterocycles. The monoisotopic (exact) mass is 281 g/mol. The van der Waals surface area contributed by atoms with E-state index in [2.05, 4.69) is 31.3 Å². The first kappa shape index (κ1) is 15.5. The summed E-state index contributed by atoms with van der Waals surface area (Å²) in [6.07, 6.45) is 1.53. The summed E-state index contributed by atoms with van der Waals surface area (Å²) < 4.78 is 0. The van der Waals surface area contributed by atoms with Gasteiger partial charge in [-0.3, -0.25) is 4.79 Å². The molecule has 0 bridgehead atoms. The van der Waals surface area contributed by atoms with Crippen molar-refractivity contribution in [3.05, 3.63) is 71.8 Å². The molecular weight excluding hydrogens is 258 g/mol. The van der Waals surface area contributed by atoms with Crippen molar-refractivity contribution in [3.63, 3.8) is 0 Å². The van der Waals surface area contributed by atoms with Crippen molar-refractivity contribution in [2.24, 2.45) is 0 Å². The Morgan fingerprint density at radius 1 is 1.00 bits per heavy atom. The highest BCUT2D eigenvalue weighted by atomic mass is 16.1. The van der Waals surface area contributed by atoms with Crippen molar-refractivity contribution in [2.45, 2.75) is 38.8 Å². The lowest BCUT2D eigenvalue weighted by atomic mass is 9.97. The normalized spacial score (nSPS) is 13.6. The van der Waals surface area contributed by atoms with Crippen molar-refractivity contribution < 1.29 is 4.79 Å². The van der Waals surface area contributed by atoms with Crippen LogP contribution in [0.25, 0.3) is 0 Å². The van der Waals surface area contributed by atoms with E-state index in [9.17, 15) is 4.79 Å². The van der Waals surface area contributed by atoms with E-state index in [0.717, 1.165) is 12.0 Å². The first-order chi connectivity index (χ1) is 10.2. The van der Waals surface area contributed by atoms with Crippen molar-refractivity contribution in [2.75, 3.05) is 0 Å². The number of rotatable bonds is 7. The third kappa shape index (κ3) is 4.54. The summed E-state index contributed by atoms with van der Waals surface area (Å²) in [5.41, 5.74) is 1.95. The molecule has 2 rings (SSSR count). The summed E-state index contributed by atoms with van der Waals surface area (Å²) in [5, 5.41) is 3.56. The van der Waals surface area contributed by atoms with E-state index in [1.807, 2.05) is 48.5 Å². The summed E-state index contributed by atoms with van der Waals surface area (Å²) in [6, 6.07) is 20.2. The number of carbonyl (C=O) groups is 1. The molecule has 2 aromatic carbocycles. The van der Waals surface area contributed by atoms with Crippen LogP contribution in [-0.2, 0) is 0 Å². The highest BCUT2D eigenvalue weighted by Crippen LogP contribution is 2.20. The fourth-order valence-corrected chi connectivity index (χ4v) is 2.35. The lowest BCUT2D eigenvalue weighted by Crippen LogP contribution is -2.31. The minimum Gasteiger partial charge on any atom is -0.307 e. The molecule has 2 atom stereocenters. The van der Waals surface area contributed by atoms with E-state index in [4.69, 9.17) is 0 Å². The molecular formula is C19H23NO. The Labute approximate surface area is 127 Å². The van der Waals surface area contributed by atoms with Crippen LogP contribution in [-0.4, -0.2) is 11.8 Å². The van der Waals surface area contributed by atoms with Gasteiger partial charge in [-0.15, -0.1) is 0 Å². The Hall–Kier alpha value is -1.93. The van der Waals surface area contributed by atoms with Crippen LogP contribution < -0.4 is 5.32 Å². The molecule has 21 heavy (non-hydrogen) atoms. The lowest BCUT2D eigenvalue weighted by molar-refractivity contribution is 0.0966. The van der Waals surface area contributed by atoms with Crippen LogP contribution in [0.4, 0.5) is 0 Å². The van der Waals surface area contributed by atoms with Gasteiger partial charge in [-0.25, -0.2) is 0 Å². The summed E-state index contributed by atoms with van der Waals surface area (Å²) in [6.45, 7) is 4.31. The van der Waals surface area contributed by atoms with Crippen LogP contribution >= 0.6 is 0 Å². The van der Waals surface area contributed by atoms with Gasteiger partial charge in [0.1, 0.15) is 0 Å². The van der Waals surface area contributed by atoms with Crippen molar-refractivity contribution in [3.8, 4) is 0 Å². The number of benzene rings is 2. The Bertz CT molecular complexity index is 550. The second-order valence-electron chi connectivity index (χ2n) is 5.43. The highest BCUT2D eigenvalue weighted by molar-refractivity contribution is 5.96. The zero-order valence-electron chi connectivity index (χ0n) is 12.8. The molecule has 2 aromatic rings. The highest BCUT2D eigenvalue weighted by Gasteiger charge is 2.18. The molecule has 0 fully saturated rings. The summed E-state index contributed by atoms with van der Waals surface area (Å²) in [4.78, 5) is 12.5. The fourth-order valence-electron chi connectivity index (χ4n) is 2.35. The third-order valence-electron chi connectivity index (χ3n) is 3.79. The van der Waals surface area contributed by atoms with Crippen molar-refractivity contribution in [1.29, 1.82) is 0 Å². The second-order valence-corrected chi connectivity index (χ2v) is 5.43. The lowest BCUT2D eigenvalue weighted by Gasteiger charge is -2.22. The topological polar surface area (TPSA) is 29.1 Å². The van der Waals surface area contributed by atoms with Crippen LogP contribution in [0.1, 0.15) is 48.7 Å². The molecule has 0 aliphatic carbocycles. The van der Waals surface area contributed by atoms with Gasteiger partial charge in [0.15, 0.2) is 5.78 Å². The minimum absolute atomic E-state index is 0.0638.